The van der Waals surface area contributed by atoms with E-state index >= 15 is 0 Å². The number of hydrogen-bond donors (Lipinski definition) is 3. The highest BCUT2D eigenvalue weighted by molar-refractivity contribution is 5.86. The van der Waals surface area contributed by atoms with E-state index in [1.54, 1.807) is 13.8 Å². The average molecular weight is 202 g/mol. The van der Waals surface area contributed by atoms with E-state index in [9.17, 15) is 4.79 Å². The molecule has 2 atom stereocenters. The maximum absolute atomic E-state index is 11.7. The molecule has 0 fully saturated rings. The van der Waals surface area contributed by atoms with Crippen molar-refractivity contribution in [2.24, 2.45) is 5.73 Å². The van der Waals surface area contributed by atoms with Gasteiger partial charge in [0.25, 0.3) is 0 Å². The molecule has 0 aromatic rings. The lowest BCUT2D eigenvalue weighted by atomic mass is 9.94. The van der Waals surface area contributed by atoms with Crippen LogP contribution in [0.3, 0.4) is 0 Å². The second-order valence-electron chi connectivity index (χ2n) is 4.30. The first kappa shape index (κ1) is 13.4. The summed E-state index contributed by atoms with van der Waals surface area (Å²) in [4.78, 5) is 11.7. The highest BCUT2D eigenvalue weighted by Crippen LogP contribution is 2.11. The highest BCUT2D eigenvalue weighted by atomic mass is 16.3. The van der Waals surface area contributed by atoms with E-state index in [4.69, 9.17) is 10.8 Å². The molecule has 0 bridgehead atoms. The minimum Gasteiger partial charge on any atom is -0.394 e. The van der Waals surface area contributed by atoms with Crippen LogP contribution in [0.15, 0.2) is 0 Å². The Morgan fingerprint density at radius 1 is 1.36 bits per heavy atom. The van der Waals surface area contributed by atoms with E-state index in [-0.39, 0.29) is 12.5 Å². The smallest absolute Gasteiger partial charge is 0.240 e. The van der Waals surface area contributed by atoms with Crippen LogP contribution in [0.1, 0.15) is 40.5 Å². The van der Waals surface area contributed by atoms with E-state index in [0.29, 0.717) is 12.8 Å². The number of rotatable bonds is 5. The molecule has 0 aromatic carbocycles. The van der Waals surface area contributed by atoms with Crippen LogP contribution in [0.4, 0.5) is 0 Å². The van der Waals surface area contributed by atoms with Gasteiger partial charge < -0.3 is 16.2 Å². The summed E-state index contributed by atoms with van der Waals surface area (Å²) in [6.45, 7) is 7.19. The molecule has 4 heteroatoms. The molecule has 2 unspecified atom stereocenters. The van der Waals surface area contributed by atoms with Crippen LogP contribution in [0.5, 0.6) is 0 Å². The van der Waals surface area contributed by atoms with Crippen LogP contribution in [-0.2, 0) is 4.79 Å². The molecule has 0 saturated carbocycles. The van der Waals surface area contributed by atoms with Crippen molar-refractivity contribution in [3.63, 3.8) is 0 Å². The van der Waals surface area contributed by atoms with Crippen molar-refractivity contribution in [2.45, 2.75) is 51.6 Å². The summed E-state index contributed by atoms with van der Waals surface area (Å²) in [5.74, 6) is -0.210. The van der Waals surface area contributed by atoms with Crippen molar-refractivity contribution < 1.29 is 9.90 Å². The molecule has 0 heterocycles. The molecule has 0 aliphatic carbocycles. The molecule has 0 aromatic heterocycles. The number of aliphatic hydroxyl groups is 1. The molecule has 0 aliphatic heterocycles. The van der Waals surface area contributed by atoms with Gasteiger partial charge in [0.05, 0.1) is 17.7 Å². The first-order valence-corrected chi connectivity index (χ1v) is 5.03. The zero-order chi connectivity index (χ0) is 11.4. The van der Waals surface area contributed by atoms with Crippen molar-refractivity contribution in [1.29, 1.82) is 0 Å². The average Bonchev–Trinajstić information content (AvgIpc) is 2.17. The van der Waals surface area contributed by atoms with E-state index < -0.39 is 11.1 Å². The Labute approximate surface area is 85.9 Å². The molecule has 4 N–H and O–H groups in total. The predicted molar refractivity (Wildman–Crippen MR) is 56.8 cm³/mol. The molecule has 0 saturated heterocycles. The van der Waals surface area contributed by atoms with Gasteiger partial charge in [-0.1, -0.05) is 13.8 Å². The number of hydrogen-bond acceptors (Lipinski definition) is 3. The van der Waals surface area contributed by atoms with E-state index in [2.05, 4.69) is 5.32 Å². The molecule has 14 heavy (non-hydrogen) atoms. The van der Waals surface area contributed by atoms with Crippen LogP contribution in [0, 0.1) is 0 Å². The van der Waals surface area contributed by atoms with Crippen molar-refractivity contribution >= 4 is 5.91 Å². The van der Waals surface area contributed by atoms with Gasteiger partial charge in [0.2, 0.25) is 5.91 Å². The van der Waals surface area contributed by atoms with Crippen molar-refractivity contribution in [1.82, 2.24) is 5.32 Å². The van der Waals surface area contributed by atoms with Gasteiger partial charge in [-0.25, -0.2) is 0 Å². The molecule has 0 radical (unpaired) electrons. The van der Waals surface area contributed by atoms with Crippen molar-refractivity contribution in [2.75, 3.05) is 6.61 Å². The number of nitrogens with two attached hydrogens (primary N) is 1. The van der Waals surface area contributed by atoms with Crippen LogP contribution < -0.4 is 11.1 Å². The van der Waals surface area contributed by atoms with Gasteiger partial charge in [0.1, 0.15) is 0 Å². The van der Waals surface area contributed by atoms with Crippen molar-refractivity contribution in [3.8, 4) is 0 Å². The quantitative estimate of drug-likeness (QED) is 0.603. The molecule has 0 rings (SSSR count). The Hall–Kier alpha value is -0.610. The third kappa shape index (κ3) is 3.27. The van der Waals surface area contributed by atoms with Crippen LogP contribution in [0.2, 0.25) is 0 Å². The third-order valence-electron chi connectivity index (χ3n) is 2.80. The Morgan fingerprint density at radius 3 is 2.14 bits per heavy atom. The molecule has 0 aliphatic rings. The fourth-order valence-electron chi connectivity index (χ4n) is 0.817. The molecule has 1 amide bonds. The Morgan fingerprint density at radius 2 is 1.86 bits per heavy atom. The standard InChI is InChI=1S/C10H22N2O2/c1-5-9(3,7-13)12-8(14)10(4,11)6-2/h13H,5-7,11H2,1-4H3,(H,12,14). The van der Waals surface area contributed by atoms with E-state index in [1.807, 2.05) is 13.8 Å². The number of carbonyl (C=O) groups is 1. The lowest BCUT2D eigenvalue weighted by molar-refractivity contribution is -0.128. The summed E-state index contributed by atoms with van der Waals surface area (Å²) >= 11 is 0. The predicted octanol–water partition coefficient (Wildman–Crippen LogP) is 0.391. The van der Waals surface area contributed by atoms with Gasteiger partial charge in [-0.3, -0.25) is 4.79 Å². The SMILES string of the molecule is CCC(C)(CO)NC(=O)C(C)(N)CC. The second kappa shape index (κ2) is 4.75. The van der Waals surface area contributed by atoms with Gasteiger partial charge in [0, 0.05) is 0 Å². The topological polar surface area (TPSA) is 75.3 Å². The van der Waals surface area contributed by atoms with Gasteiger partial charge in [-0.15, -0.1) is 0 Å². The summed E-state index contributed by atoms with van der Waals surface area (Å²) in [6.07, 6.45) is 1.25. The minimum atomic E-state index is -0.856. The molecule has 84 valence electrons. The van der Waals surface area contributed by atoms with Crippen LogP contribution in [-0.4, -0.2) is 28.7 Å². The summed E-state index contributed by atoms with van der Waals surface area (Å²) in [5, 5.41) is 11.9. The van der Waals surface area contributed by atoms with Gasteiger partial charge in [-0.05, 0) is 26.7 Å². The molecule has 4 nitrogen and oxygen atoms in total. The maximum Gasteiger partial charge on any atom is 0.240 e. The lowest BCUT2D eigenvalue weighted by Crippen LogP contribution is -2.58. The van der Waals surface area contributed by atoms with Crippen molar-refractivity contribution in [3.05, 3.63) is 0 Å². The Balaban J connectivity index is 4.45. The fraction of sp³-hybridized carbons (Fsp3) is 0.900. The molecular weight excluding hydrogens is 180 g/mol. The first-order chi connectivity index (χ1) is 6.31. The minimum absolute atomic E-state index is 0.0744. The highest BCUT2D eigenvalue weighted by Gasteiger charge is 2.31. The summed E-state index contributed by atoms with van der Waals surface area (Å²) in [7, 11) is 0. The second-order valence-corrected chi connectivity index (χ2v) is 4.30. The molecule has 0 spiro atoms. The van der Waals surface area contributed by atoms with Gasteiger partial charge in [0.15, 0.2) is 0 Å². The van der Waals surface area contributed by atoms with Crippen LogP contribution >= 0.6 is 0 Å². The monoisotopic (exact) mass is 202 g/mol. The largest absolute Gasteiger partial charge is 0.394 e. The maximum atomic E-state index is 11.7. The summed E-state index contributed by atoms with van der Waals surface area (Å²) in [5.41, 5.74) is 4.36. The summed E-state index contributed by atoms with van der Waals surface area (Å²) < 4.78 is 0. The van der Waals surface area contributed by atoms with Crippen LogP contribution in [0.25, 0.3) is 0 Å². The zero-order valence-electron chi connectivity index (χ0n) is 9.55. The fourth-order valence-corrected chi connectivity index (χ4v) is 0.817. The first-order valence-electron chi connectivity index (χ1n) is 5.03. The zero-order valence-corrected chi connectivity index (χ0v) is 9.55. The number of nitrogens with one attached hydrogen (secondary N) is 1. The van der Waals surface area contributed by atoms with Gasteiger partial charge in [-0.2, -0.15) is 0 Å². The Bertz CT molecular complexity index is 198. The lowest BCUT2D eigenvalue weighted by Gasteiger charge is -2.32. The Kier molecular flexibility index (Phi) is 4.55. The third-order valence-corrected chi connectivity index (χ3v) is 2.80. The van der Waals surface area contributed by atoms with E-state index in [1.165, 1.54) is 0 Å². The number of carbonyl (C=O) groups excluding carboxylic acids is 1. The number of amides is 1. The molecular formula is C10H22N2O2. The van der Waals surface area contributed by atoms with Gasteiger partial charge >= 0.3 is 0 Å². The normalized spacial score (nSPS) is 19.6. The number of aliphatic hydroxyl groups excluding tert-OH is 1. The van der Waals surface area contributed by atoms with E-state index in [0.717, 1.165) is 0 Å². The summed E-state index contributed by atoms with van der Waals surface area (Å²) in [6, 6.07) is 0.